The van der Waals surface area contributed by atoms with Crippen molar-refractivity contribution >= 4 is 27.3 Å². The van der Waals surface area contributed by atoms with Gasteiger partial charge in [0.05, 0.1) is 10.7 Å². The number of aromatic nitrogens is 1. The average molecular weight is 282 g/mol. The summed E-state index contributed by atoms with van der Waals surface area (Å²) in [7, 11) is 0. The fraction of sp³-hybridized carbons (Fsp3) is 0.250. The minimum atomic E-state index is 0.937. The maximum Gasteiger partial charge on any atom is 0.0974 e. The smallest absolute Gasteiger partial charge is 0.0974 e. The van der Waals surface area contributed by atoms with Crippen LogP contribution in [0.1, 0.15) is 21.1 Å². The van der Waals surface area contributed by atoms with E-state index in [1.807, 2.05) is 0 Å². The van der Waals surface area contributed by atoms with Gasteiger partial charge in [-0.3, -0.25) is 0 Å². The molecule has 78 valence electrons. The van der Waals surface area contributed by atoms with Gasteiger partial charge in [-0.05, 0) is 31.5 Å². The third kappa shape index (κ3) is 2.67. The average Bonchev–Trinajstić information content (AvgIpc) is 2.50. The third-order valence-corrected chi connectivity index (χ3v) is 3.94. The van der Waals surface area contributed by atoms with Crippen molar-refractivity contribution in [2.45, 2.75) is 20.3 Å². The lowest BCUT2D eigenvalue weighted by Crippen LogP contribution is -1.86. The van der Waals surface area contributed by atoms with Crippen molar-refractivity contribution in [3.8, 4) is 0 Å². The molecule has 3 heteroatoms. The van der Waals surface area contributed by atoms with Crippen LogP contribution in [0.4, 0.5) is 0 Å². The van der Waals surface area contributed by atoms with Crippen LogP contribution < -0.4 is 0 Å². The fourth-order valence-corrected chi connectivity index (χ4v) is 2.62. The standard InChI is InChI=1S/C12H12BrNS/c1-8-9(2)15-12(14-8)7-10-3-5-11(13)6-4-10/h3-6H,7H2,1-2H3. The summed E-state index contributed by atoms with van der Waals surface area (Å²) in [6, 6.07) is 8.41. The number of aryl methyl sites for hydroxylation is 2. The van der Waals surface area contributed by atoms with Gasteiger partial charge in [-0.1, -0.05) is 28.1 Å². The van der Waals surface area contributed by atoms with Crippen molar-refractivity contribution in [2.75, 3.05) is 0 Å². The van der Waals surface area contributed by atoms with E-state index in [0.29, 0.717) is 0 Å². The van der Waals surface area contributed by atoms with Crippen molar-refractivity contribution in [2.24, 2.45) is 0 Å². The molecule has 1 aromatic carbocycles. The van der Waals surface area contributed by atoms with E-state index in [2.05, 4.69) is 59.0 Å². The number of thiazole rings is 1. The molecule has 15 heavy (non-hydrogen) atoms. The Labute approximate surface area is 102 Å². The summed E-state index contributed by atoms with van der Waals surface area (Å²) in [6.45, 7) is 4.19. The van der Waals surface area contributed by atoms with Gasteiger partial charge in [0.25, 0.3) is 0 Å². The van der Waals surface area contributed by atoms with Crippen LogP contribution in [0.25, 0.3) is 0 Å². The van der Waals surface area contributed by atoms with Crippen LogP contribution >= 0.6 is 27.3 Å². The molecule has 0 unspecified atom stereocenters. The van der Waals surface area contributed by atoms with Crippen LogP contribution in [0, 0.1) is 13.8 Å². The fourth-order valence-electron chi connectivity index (χ4n) is 1.39. The number of benzene rings is 1. The molecule has 1 nitrogen and oxygen atoms in total. The first kappa shape index (κ1) is 10.8. The van der Waals surface area contributed by atoms with E-state index < -0.39 is 0 Å². The van der Waals surface area contributed by atoms with Crippen LogP contribution in [0.3, 0.4) is 0 Å². The van der Waals surface area contributed by atoms with E-state index >= 15 is 0 Å². The topological polar surface area (TPSA) is 12.9 Å². The quantitative estimate of drug-likeness (QED) is 0.807. The van der Waals surface area contributed by atoms with Gasteiger partial charge in [0.2, 0.25) is 0 Å². The highest BCUT2D eigenvalue weighted by molar-refractivity contribution is 9.10. The maximum absolute atomic E-state index is 4.53. The minimum absolute atomic E-state index is 0.937. The zero-order chi connectivity index (χ0) is 10.8. The summed E-state index contributed by atoms with van der Waals surface area (Å²) in [5.74, 6) is 0. The Morgan fingerprint density at radius 1 is 1.20 bits per heavy atom. The Kier molecular flexibility index (Phi) is 3.22. The lowest BCUT2D eigenvalue weighted by Gasteiger charge is -1.97. The van der Waals surface area contributed by atoms with Gasteiger partial charge in [0.15, 0.2) is 0 Å². The van der Waals surface area contributed by atoms with Gasteiger partial charge >= 0.3 is 0 Å². The Morgan fingerprint density at radius 3 is 2.40 bits per heavy atom. The summed E-state index contributed by atoms with van der Waals surface area (Å²) in [5, 5.41) is 1.20. The van der Waals surface area contributed by atoms with E-state index in [9.17, 15) is 0 Å². The Balaban J connectivity index is 2.18. The van der Waals surface area contributed by atoms with Gasteiger partial charge in [-0.15, -0.1) is 11.3 Å². The Hall–Kier alpha value is -0.670. The van der Waals surface area contributed by atoms with E-state index in [1.165, 1.54) is 15.4 Å². The predicted octanol–water partition coefficient (Wildman–Crippen LogP) is 4.11. The molecule has 1 heterocycles. The first-order chi connectivity index (χ1) is 7.15. The Bertz CT molecular complexity index is 439. The molecule has 0 aliphatic carbocycles. The number of rotatable bonds is 2. The highest BCUT2D eigenvalue weighted by Gasteiger charge is 2.04. The second-order valence-electron chi connectivity index (χ2n) is 3.55. The molecule has 0 aliphatic rings. The highest BCUT2D eigenvalue weighted by atomic mass is 79.9. The van der Waals surface area contributed by atoms with E-state index in [4.69, 9.17) is 0 Å². The SMILES string of the molecule is Cc1nc(Cc2ccc(Br)cc2)sc1C. The molecule has 0 bridgehead atoms. The summed E-state index contributed by atoms with van der Waals surface area (Å²) in [4.78, 5) is 5.86. The van der Waals surface area contributed by atoms with Gasteiger partial charge in [-0.25, -0.2) is 4.98 Å². The maximum atomic E-state index is 4.53. The molecule has 0 radical (unpaired) electrons. The molecule has 0 amide bonds. The van der Waals surface area contributed by atoms with Crippen molar-refractivity contribution in [1.82, 2.24) is 4.98 Å². The predicted molar refractivity (Wildman–Crippen MR) is 68.5 cm³/mol. The normalized spacial score (nSPS) is 10.6. The molecular weight excluding hydrogens is 270 g/mol. The van der Waals surface area contributed by atoms with Gasteiger partial charge in [0, 0.05) is 15.8 Å². The monoisotopic (exact) mass is 281 g/mol. The van der Waals surface area contributed by atoms with Crippen molar-refractivity contribution in [3.63, 3.8) is 0 Å². The molecule has 2 aromatic rings. The summed E-state index contributed by atoms with van der Waals surface area (Å²) < 4.78 is 1.12. The summed E-state index contributed by atoms with van der Waals surface area (Å²) >= 11 is 5.22. The number of hydrogen-bond donors (Lipinski definition) is 0. The van der Waals surface area contributed by atoms with Crippen molar-refractivity contribution in [1.29, 1.82) is 0 Å². The molecular formula is C12H12BrNS. The Morgan fingerprint density at radius 2 is 1.87 bits per heavy atom. The first-order valence-electron chi connectivity index (χ1n) is 4.82. The molecule has 1 aromatic heterocycles. The van der Waals surface area contributed by atoms with Gasteiger partial charge in [-0.2, -0.15) is 0 Å². The minimum Gasteiger partial charge on any atom is -0.246 e. The molecule has 0 spiro atoms. The second kappa shape index (κ2) is 4.45. The van der Waals surface area contributed by atoms with E-state index in [1.54, 1.807) is 11.3 Å². The molecule has 0 N–H and O–H groups in total. The van der Waals surface area contributed by atoms with Crippen molar-refractivity contribution < 1.29 is 0 Å². The zero-order valence-corrected chi connectivity index (χ0v) is 11.2. The largest absolute Gasteiger partial charge is 0.246 e. The molecule has 0 atom stereocenters. The molecule has 0 saturated carbocycles. The van der Waals surface area contributed by atoms with Crippen LogP contribution in [0.15, 0.2) is 28.7 Å². The summed E-state index contributed by atoms with van der Waals surface area (Å²) in [6.07, 6.45) is 0.937. The first-order valence-corrected chi connectivity index (χ1v) is 6.43. The lowest BCUT2D eigenvalue weighted by atomic mass is 10.2. The van der Waals surface area contributed by atoms with Crippen LogP contribution in [0.5, 0.6) is 0 Å². The number of halogens is 1. The molecule has 0 aliphatic heterocycles. The second-order valence-corrected chi connectivity index (χ2v) is 5.76. The zero-order valence-electron chi connectivity index (χ0n) is 8.75. The lowest BCUT2D eigenvalue weighted by molar-refractivity contribution is 1.09. The van der Waals surface area contributed by atoms with E-state index in [0.717, 1.165) is 16.6 Å². The van der Waals surface area contributed by atoms with Crippen LogP contribution in [-0.4, -0.2) is 4.98 Å². The third-order valence-electron chi connectivity index (χ3n) is 2.34. The van der Waals surface area contributed by atoms with Gasteiger partial charge < -0.3 is 0 Å². The van der Waals surface area contributed by atoms with Gasteiger partial charge in [0.1, 0.15) is 0 Å². The van der Waals surface area contributed by atoms with Crippen molar-refractivity contribution in [3.05, 3.63) is 49.9 Å². The molecule has 0 fully saturated rings. The highest BCUT2D eigenvalue weighted by Crippen LogP contribution is 2.20. The van der Waals surface area contributed by atoms with Crippen LogP contribution in [-0.2, 0) is 6.42 Å². The van der Waals surface area contributed by atoms with Crippen LogP contribution in [0.2, 0.25) is 0 Å². The number of nitrogens with zero attached hydrogens (tertiary/aromatic N) is 1. The molecule has 2 rings (SSSR count). The number of hydrogen-bond acceptors (Lipinski definition) is 2. The molecule has 0 saturated heterocycles. The summed E-state index contributed by atoms with van der Waals surface area (Å²) in [5.41, 5.74) is 2.47. The van der Waals surface area contributed by atoms with E-state index in [-0.39, 0.29) is 0 Å².